The van der Waals surface area contributed by atoms with Crippen molar-refractivity contribution in [3.63, 3.8) is 0 Å². The zero-order valence-electron chi connectivity index (χ0n) is 16.6. The highest BCUT2D eigenvalue weighted by atomic mass is 16.5. The summed E-state index contributed by atoms with van der Waals surface area (Å²) in [6.07, 6.45) is 0. The molecule has 29 heavy (non-hydrogen) atoms. The normalized spacial score (nSPS) is 10.3. The molecule has 2 N–H and O–H groups in total. The molecular formula is C24H24N2O3. The van der Waals surface area contributed by atoms with Gasteiger partial charge in [0.15, 0.2) is 0 Å². The topological polar surface area (TPSA) is 67.4 Å². The SMILES string of the molecule is CCOc1ccc(NC(=O)c2ccc(C(=O)NCc3cccc(C)c3)cc2)cc1. The third-order valence-electron chi connectivity index (χ3n) is 4.37. The van der Waals surface area contributed by atoms with E-state index in [1.54, 1.807) is 48.5 Å². The first-order chi connectivity index (χ1) is 14.0. The number of benzene rings is 3. The van der Waals surface area contributed by atoms with E-state index in [4.69, 9.17) is 4.74 Å². The Morgan fingerprint density at radius 2 is 1.52 bits per heavy atom. The van der Waals surface area contributed by atoms with Crippen LogP contribution in [0.2, 0.25) is 0 Å². The molecule has 0 fully saturated rings. The van der Waals surface area contributed by atoms with Crippen LogP contribution in [0.15, 0.2) is 72.8 Å². The second-order valence-electron chi connectivity index (χ2n) is 6.66. The molecule has 0 saturated heterocycles. The number of hydrogen-bond donors (Lipinski definition) is 2. The fraction of sp³-hybridized carbons (Fsp3) is 0.167. The summed E-state index contributed by atoms with van der Waals surface area (Å²) in [5.41, 5.74) is 3.87. The fourth-order valence-electron chi connectivity index (χ4n) is 2.88. The van der Waals surface area contributed by atoms with Crippen LogP contribution in [0.4, 0.5) is 5.69 Å². The highest BCUT2D eigenvalue weighted by molar-refractivity contribution is 6.05. The Balaban J connectivity index is 1.57. The maximum absolute atomic E-state index is 12.4. The van der Waals surface area contributed by atoms with Gasteiger partial charge in [-0.25, -0.2) is 0 Å². The molecule has 0 heterocycles. The van der Waals surface area contributed by atoms with Crippen molar-refractivity contribution >= 4 is 17.5 Å². The number of ether oxygens (including phenoxy) is 1. The van der Waals surface area contributed by atoms with E-state index in [0.29, 0.717) is 30.0 Å². The second kappa shape index (κ2) is 9.55. The first kappa shape index (κ1) is 20.1. The van der Waals surface area contributed by atoms with Gasteiger partial charge < -0.3 is 15.4 Å². The molecule has 0 radical (unpaired) electrons. The molecule has 5 heteroatoms. The summed E-state index contributed by atoms with van der Waals surface area (Å²) in [5, 5.41) is 5.73. The highest BCUT2D eigenvalue weighted by Gasteiger charge is 2.09. The largest absolute Gasteiger partial charge is 0.494 e. The minimum absolute atomic E-state index is 0.176. The lowest BCUT2D eigenvalue weighted by Crippen LogP contribution is -2.23. The van der Waals surface area contributed by atoms with E-state index >= 15 is 0 Å². The van der Waals surface area contributed by atoms with E-state index in [1.165, 1.54) is 0 Å². The molecule has 0 aromatic heterocycles. The Kier molecular flexibility index (Phi) is 6.63. The molecule has 0 aliphatic carbocycles. The van der Waals surface area contributed by atoms with Crippen LogP contribution in [-0.4, -0.2) is 18.4 Å². The quantitative estimate of drug-likeness (QED) is 0.623. The maximum atomic E-state index is 12.4. The smallest absolute Gasteiger partial charge is 0.255 e. The fourth-order valence-corrected chi connectivity index (χ4v) is 2.88. The van der Waals surface area contributed by atoms with Gasteiger partial charge >= 0.3 is 0 Å². The molecule has 2 amide bonds. The van der Waals surface area contributed by atoms with Gasteiger partial charge in [0.05, 0.1) is 6.61 Å². The van der Waals surface area contributed by atoms with Gasteiger partial charge in [0.2, 0.25) is 0 Å². The third-order valence-corrected chi connectivity index (χ3v) is 4.37. The lowest BCUT2D eigenvalue weighted by atomic mass is 10.1. The minimum atomic E-state index is -0.235. The molecule has 0 unspecified atom stereocenters. The Labute approximate surface area is 170 Å². The van der Waals surface area contributed by atoms with Gasteiger partial charge in [0.25, 0.3) is 11.8 Å². The molecule has 5 nitrogen and oxygen atoms in total. The molecule has 0 saturated carbocycles. The standard InChI is InChI=1S/C24H24N2O3/c1-3-29-22-13-11-21(12-14-22)26-24(28)20-9-7-19(8-10-20)23(27)25-16-18-6-4-5-17(2)15-18/h4-15H,3,16H2,1-2H3,(H,25,27)(H,26,28). The van der Waals surface area contributed by atoms with Crippen molar-refractivity contribution in [1.29, 1.82) is 0 Å². The maximum Gasteiger partial charge on any atom is 0.255 e. The lowest BCUT2D eigenvalue weighted by Gasteiger charge is -2.09. The van der Waals surface area contributed by atoms with Gasteiger partial charge in [-0.15, -0.1) is 0 Å². The number of anilines is 1. The minimum Gasteiger partial charge on any atom is -0.494 e. The highest BCUT2D eigenvalue weighted by Crippen LogP contribution is 2.16. The predicted octanol–water partition coefficient (Wildman–Crippen LogP) is 4.58. The molecule has 3 aromatic rings. The molecule has 0 spiro atoms. The van der Waals surface area contributed by atoms with Crippen molar-refractivity contribution in [3.05, 3.63) is 95.1 Å². The van der Waals surface area contributed by atoms with Crippen molar-refractivity contribution in [2.45, 2.75) is 20.4 Å². The summed E-state index contributed by atoms with van der Waals surface area (Å²) in [4.78, 5) is 24.7. The molecule has 0 aliphatic rings. The van der Waals surface area contributed by atoms with Crippen molar-refractivity contribution in [2.75, 3.05) is 11.9 Å². The number of rotatable bonds is 7. The van der Waals surface area contributed by atoms with Crippen molar-refractivity contribution in [1.82, 2.24) is 5.32 Å². The Morgan fingerprint density at radius 3 is 2.14 bits per heavy atom. The zero-order valence-corrected chi connectivity index (χ0v) is 16.6. The van der Waals surface area contributed by atoms with Crippen LogP contribution >= 0.6 is 0 Å². The average molecular weight is 388 g/mol. The Morgan fingerprint density at radius 1 is 0.862 bits per heavy atom. The average Bonchev–Trinajstić information content (AvgIpc) is 2.74. The number of aryl methyl sites for hydroxylation is 1. The van der Waals surface area contributed by atoms with E-state index in [-0.39, 0.29) is 11.8 Å². The van der Waals surface area contributed by atoms with Gasteiger partial charge in [-0.3, -0.25) is 9.59 Å². The molecule has 0 atom stereocenters. The monoisotopic (exact) mass is 388 g/mol. The van der Waals surface area contributed by atoms with Gasteiger partial charge in [-0.2, -0.15) is 0 Å². The van der Waals surface area contributed by atoms with E-state index in [0.717, 1.165) is 16.9 Å². The number of carbonyl (C=O) groups is 2. The van der Waals surface area contributed by atoms with Crippen LogP contribution in [0.3, 0.4) is 0 Å². The first-order valence-electron chi connectivity index (χ1n) is 9.53. The number of carbonyl (C=O) groups excluding carboxylic acids is 2. The summed E-state index contributed by atoms with van der Waals surface area (Å²) in [5.74, 6) is 0.345. The molecule has 0 bridgehead atoms. The Hall–Kier alpha value is -3.60. The predicted molar refractivity (Wildman–Crippen MR) is 114 cm³/mol. The van der Waals surface area contributed by atoms with E-state index in [9.17, 15) is 9.59 Å². The Bertz CT molecular complexity index is 980. The van der Waals surface area contributed by atoms with Crippen LogP contribution in [0.5, 0.6) is 5.75 Å². The van der Waals surface area contributed by atoms with Crippen molar-refractivity contribution in [3.8, 4) is 5.75 Å². The van der Waals surface area contributed by atoms with Crippen molar-refractivity contribution < 1.29 is 14.3 Å². The van der Waals surface area contributed by atoms with Crippen LogP contribution < -0.4 is 15.4 Å². The summed E-state index contributed by atoms with van der Waals surface area (Å²) < 4.78 is 5.39. The zero-order chi connectivity index (χ0) is 20.6. The number of amides is 2. The molecule has 3 rings (SSSR count). The molecule has 148 valence electrons. The van der Waals surface area contributed by atoms with Crippen LogP contribution in [0, 0.1) is 6.92 Å². The van der Waals surface area contributed by atoms with Gasteiger partial charge in [0, 0.05) is 23.4 Å². The molecular weight excluding hydrogens is 364 g/mol. The van der Waals surface area contributed by atoms with E-state index in [2.05, 4.69) is 10.6 Å². The van der Waals surface area contributed by atoms with E-state index < -0.39 is 0 Å². The summed E-state index contributed by atoms with van der Waals surface area (Å²) in [6, 6.07) is 21.8. The summed E-state index contributed by atoms with van der Waals surface area (Å²) >= 11 is 0. The summed E-state index contributed by atoms with van der Waals surface area (Å²) in [6.45, 7) is 4.99. The van der Waals surface area contributed by atoms with Crippen LogP contribution in [0.1, 0.15) is 38.8 Å². The van der Waals surface area contributed by atoms with Crippen LogP contribution in [-0.2, 0) is 6.54 Å². The molecule has 0 aliphatic heterocycles. The van der Waals surface area contributed by atoms with Crippen molar-refractivity contribution in [2.24, 2.45) is 0 Å². The van der Waals surface area contributed by atoms with Crippen LogP contribution in [0.25, 0.3) is 0 Å². The van der Waals surface area contributed by atoms with Gasteiger partial charge in [0.1, 0.15) is 5.75 Å². The summed E-state index contributed by atoms with van der Waals surface area (Å²) in [7, 11) is 0. The van der Waals surface area contributed by atoms with Gasteiger partial charge in [-0.05, 0) is 67.9 Å². The molecule has 3 aromatic carbocycles. The second-order valence-corrected chi connectivity index (χ2v) is 6.66. The van der Waals surface area contributed by atoms with Gasteiger partial charge in [-0.1, -0.05) is 29.8 Å². The lowest BCUT2D eigenvalue weighted by molar-refractivity contribution is 0.0949. The first-order valence-corrected chi connectivity index (χ1v) is 9.53. The number of nitrogens with one attached hydrogen (secondary N) is 2. The van der Waals surface area contributed by atoms with E-state index in [1.807, 2.05) is 38.1 Å². The third kappa shape index (κ3) is 5.69. The number of hydrogen-bond acceptors (Lipinski definition) is 3.